The Hall–Kier alpha value is -1.83. The molecule has 0 saturated carbocycles. The van der Waals surface area contributed by atoms with Crippen molar-refractivity contribution in [2.75, 3.05) is 30.5 Å². The fourth-order valence-electron chi connectivity index (χ4n) is 2.56. The highest BCUT2D eigenvalue weighted by atomic mass is 35.5. The number of pyridine rings is 1. The van der Waals surface area contributed by atoms with E-state index in [-0.39, 0.29) is 5.02 Å². The van der Waals surface area contributed by atoms with Crippen LogP contribution < -0.4 is 10.2 Å². The van der Waals surface area contributed by atoms with E-state index in [4.69, 9.17) is 20.7 Å². The zero-order valence-corrected chi connectivity index (χ0v) is 18.6. The summed E-state index contributed by atoms with van der Waals surface area (Å²) >= 11 is 5.92. The molecule has 0 radical (unpaired) electrons. The molecular formula is C17H23ClFN3O6S2. The quantitative estimate of drug-likeness (QED) is 0.562. The summed E-state index contributed by atoms with van der Waals surface area (Å²) in [5, 5.41) is 3.49. The number of anilines is 2. The number of nitrogens with one attached hydrogen (secondary N) is 1. The molecule has 1 aliphatic heterocycles. The Labute approximate surface area is 180 Å². The summed E-state index contributed by atoms with van der Waals surface area (Å²) < 4.78 is 65.1. The number of benzene rings is 1. The lowest BCUT2D eigenvalue weighted by molar-refractivity contribution is 0.488. The molecule has 1 aliphatic rings. The van der Waals surface area contributed by atoms with Crippen LogP contribution in [0.25, 0.3) is 0 Å². The van der Waals surface area contributed by atoms with Gasteiger partial charge in [0.15, 0.2) is 0 Å². The normalized spacial score (nSPS) is 16.0. The molecule has 0 spiro atoms. The molecular weight excluding hydrogens is 461 g/mol. The molecule has 0 unspecified atom stereocenters. The zero-order chi connectivity index (χ0) is 22.9. The van der Waals surface area contributed by atoms with Gasteiger partial charge >= 0.3 is 0 Å². The van der Waals surface area contributed by atoms with Gasteiger partial charge in [-0.1, -0.05) is 11.6 Å². The Kier molecular flexibility index (Phi) is 10.1. The maximum Gasteiger partial charge on any atom is 0.261 e. The second-order valence-corrected chi connectivity index (χ2v) is 9.63. The number of hydrogen-bond donors (Lipinski definition) is 3. The highest BCUT2D eigenvalue weighted by molar-refractivity contribution is 7.85. The Morgan fingerprint density at radius 1 is 1.13 bits per heavy atom. The van der Waals surface area contributed by atoms with E-state index in [9.17, 15) is 21.2 Å². The van der Waals surface area contributed by atoms with Crippen molar-refractivity contribution in [2.45, 2.75) is 12.5 Å². The largest absolute Gasteiger partial charge is 0.336 e. The van der Waals surface area contributed by atoms with Crippen molar-refractivity contribution in [1.82, 2.24) is 10.3 Å². The maximum absolute atomic E-state index is 13.4. The Balaban J connectivity index is 0.000000378. The van der Waals surface area contributed by atoms with Crippen molar-refractivity contribution in [3.05, 3.63) is 53.6 Å². The summed E-state index contributed by atoms with van der Waals surface area (Å²) in [7, 11) is -7.33. The first kappa shape index (κ1) is 26.2. The minimum absolute atomic E-state index is 0.141. The average molecular weight is 484 g/mol. The first-order valence-electron chi connectivity index (χ1n) is 8.45. The molecule has 0 bridgehead atoms. The third-order valence-corrected chi connectivity index (χ3v) is 3.79. The molecule has 0 amide bonds. The van der Waals surface area contributed by atoms with Gasteiger partial charge in [0.05, 0.1) is 29.4 Å². The molecule has 1 aromatic carbocycles. The van der Waals surface area contributed by atoms with Crippen molar-refractivity contribution in [2.24, 2.45) is 0 Å². The van der Waals surface area contributed by atoms with Gasteiger partial charge in [-0.15, -0.1) is 0 Å². The van der Waals surface area contributed by atoms with Crippen molar-refractivity contribution in [1.29, 1.82) is 0 Å². The van der Waals surface area contributed by atoms with Gasteiger partial charge in [0.1, 0.15) is 5.82 Å². The molecule has 1 fully saturated rings. The SMILES string of the molecule is CS(=O)(=O)O.CS(=O)(=O)O.Fc1ccc(N(c2cccnc2)[C@H]2CCNC2)cc1Cl. The van der Waals surface area contributed by atoms with Crippen LogP contribution in [-0.2, 0) is 20.2 Å². The average Bonchev–Trinajstić information content (AvgIpc) is 3.10. The Morgan fingerprint density at radius 2 is 1.73 bits per heavy atom. The van der Waals surface area contributed by atoms with Gasteiger partial charge < -0.3 is 10.2 Å². The fourth-order valence-corrected chi connectivity index (χ4v) is 2.74. The summed E-state index contributed by atoms with van der Waals surface area (Å²) in [4.78, 5) is 6.34. The van der Waals surface area contributed by atoms with Crippen molar-refractivity contribution >= 4 is 43.2 Å². The van der Waals surface area contributed by atoms with E-state index >= 15 is 0 Å². The summed E-state index contributed by atoms with van der Waals surface area (Å²) in [5.74, 6) is -0.397. The van der Waals surface area contributed by atoms with Gasteiger partial charge in [-0.2, -0.15) is 16.8 Å². The minimum atomic E-state index is -3.67. The summed E-state index contributed by atoms with van der Waals surface area (Å²) in [6.45, 7) is 1.88. The highest BCUT2D eigenvalue weighted by Crippen LogP contribution is 2.32. The van der Waals surface area contributed by atoms with E-state index in [2.05, 4.69) is 15.2 Å². The third kappa shape index (κ3) is 11.4. The predicted octanol–water partition coefficient (Wildman–Crippen LogP) is 2.38. The van der Waals surface area contributed by atoms with Gasteiger partial charge in [-0.05, 0) is 43.3 Å². The van der Waals surface area contributed by atoms with Crippen molar-refractivity contribution < 1.29 is 30.3 Å². The molecule has 0 aliphatic carbocycles. The third-order valence-electron chi connectivity index (χ3n) is 3.50. The van der Waals surface area contributed by atoms with Crippen LogP contribution in [0.2, 0.25) is 5.02 Å². The first-order valence-corrected chi connectivity index (χ1v) is 12.5. The lowest BCUT2D eigenvalue weighted by atomic mass is 10.1. The van der Waals surface area contributed by atoms with E-state index in [0.29, 0.717) is 18.6 Å². The van der Waals surface area contributed by atoms with Crippen LogP contribution in [0.1, 0.15) is 6.42 Å². The second-order valence-electron chi connectivity index (χ2n) is 6.29. The molecule has 30 heavy (non-hydrogen) atoms. The molecule has 13 heteroatoms. The van der Waals surface area contributed by atoms with Gasteiger partial charge in [0.2, 0.25) is 0 Å². The highest BCUT2D eigenvalue weighted by Gasteiger charge is 2.24. The van der Waals surface area contributed by atoms with E-state index < -0.39 is 26.1 Å². The lowest BCUT2D eigenvalue weighted by Crippen LogP contribution is -2.33. The maximum atomic E-state index is 13.4. The number of halogens is 2. The van der Waals surface area contributed by atoms with Crippen LogP contribution in [-0.4, -0.2) is 62.6 Å². The molecule has 1 aromatic heterocycles. The number of hydrogen-bond acceptors (Lipinski definition) is 7. The second kappa shape index (κ2) is 11.5. The van der Waals surface area contributed by atoms with Gasteiger partial charge in [-0.25, -0.2) is 4.39 Å². The molecule has 3 N–H and O–H groups in total. The molecule has 1 atom stereocenters. The van der Waals surface area contributed by atoms with Gasteiger partial charge in [0.25, 0.3) is 20.2 Å². The smallest absolute Gasteiger partial charge is 0.261 e. The van der Waals surface area contributed by atoms with Gasteiger partial charge in [0, 0.05) is 24.5 Å². The first-order chi connectivity index (χ1) is 13.8. The topological polar surface area (TPSA) is 137 Å². The molecule has 3 rings (SSSR count). The number of rotatable bonds is 3. The number of aromatic nitrogens is 1. The summed E-state index contributed by atoms with van der Waals surface area (Å²) in [6, 6.07) is 9.05. The molecule has 2 aromatic rings. The Morgan fingerprint density at radius 3 is 2.17 bits per heavy atom. The molecule has 168 valence electrons. The predicted molar refractivity (Wildman–Crippen MR) is 114 cm³/mol. The minimum Gasteiger partial charge on any atom is -0.336 e. The summed E-state index contributed by atoms with van der Waals surface area (Å²) in [6.07, 6.45) is 6.02. The van der Waals surface area contributed by atoms with E-state index in [1.807, 2.05) is 18.3 Å². The summed E-state index contributed by atoms with van der Waals surface area (Å²) in [5.41, 5.74) is 1.88. The van der Waals surface area contributed by atoms with Crippen LogP contribution in [0.15, 0.2) is 42.7 Å². The lowest BCUT2D eigenvalue weighted by Gasteiger charge is -2.30. The van der Waals surface area contributed by atoms with E-state index in [0.717, 1.165) is 30.9 Å². The van der Waals surface area contributed by atoms with Gasteiger partial charge in [-0.3, -0.25) is 14.1 Å². The van der Waals surface area contributed by atoms with Crippen LogP contribution in [0, 0.1) is 5.82 Å². The van der Waals surface area contributed by atoms with Crippen molar-refractivity contribution in [3.63, 3.8) is 0 Å². The van der Waals surface area contributed by atoms with Crippen LogP contribution in [0.5, 0.6) is 0 Å². The monoisotopic (exact) mass is 483 g/mol. The van der Waals surface area contributed by atoms with E-state index in [1.54, 1.807) is 18.3 Å². The zero-order valence-electron chi connectivity index (χ0n) is 16.2. The molecule has 1 saturated heterocycles. The van der Waals surface area contributed by atoms with Crippen molar-refractivity contribution in [3.8, 4) is 0 Å². The standard InChI is InChI=1S/C15H15ClFN3.2CH4O3S/c16-14-8-11(3-4-15(14)17)20(13-5-7-19-10-13)12-2-1-6-18-9-12;2*1-5(2,3)4/h1-4,6,8-9,13,19H,5,7,10H2;2*1H3,(H,2,3,4)/t13-;;/m0../s1. The van der Waals surface area contributed by atoms with Crippen LogP contribution in [0.3, 0.4) is 0 Å². The van der Waals surface area contributed by atoms with E-state index in [1.165, 1.54) is 6.07 Å². The fraction of sp³-hybridized carbons (Fsp3) is 0.353. The van der Waals surface area contributed by atoms with Crippen LogP contribution >= 0.6 is 11.6 Å². The molecule has 9 nitrogen and oxygen atoms in total. The Bertz CT molecular complexity index is 971. The number of nitrogens with zero attached hydrogens (tertiary/aromatic N) is 2. The molecule has 2 heterocycles. The van der Waals surface area contributed by atoms with Crippen LogP contribution in [0.4, 0.5) is 15.8 Å².